The summed E-state index contributed by atoms with van der Waals surface area (Å²) in [5.74, 6) is 0. The highest BCUT2D eigenvalue weighted by atomic mass is 79.9. The van der Waals surface area contributed by atoms with Crippen LogP contribution in [0.25, 0.3) is 0 Å². The Bertz CT molecular complexity index is 669. The molecule has 21 heavy (non-hydrogen) atoms. The van der Waals surface area contributed by atoms with Gasteiger partial charge in [-0.1, -0.05) is 57.5 Å². The number of nitrogens with zero attached hydrogens (tertiary/aromatic N) is 2. The van der Waals surface area contributed by atoms with Gasteiger partial charge in [0.2, 0.25) is 0 Å². The summed E-state index contributed by atoms with van der Waals surface area (Å²) in [6.07, 6.45) is 1.79. The first kappa shape index (κ1) is 14.1. The number of hydrogen-bond donors (Lipinski definition) is 1. The molecule has 108 valence electrons. The molecule has 0 saturated heterocycles. The first-order chi connectivity index (χ1) is 10.3. The molecule has 1 N–H and O–H groups in total. The molecule has 0 amide bonds. The molecule has 0 bridgehead atoms. The number of halogens is 1. The lowest BCUT2D eigenvalue weighted by atomic mass is 10.1. The van der Waals surface area contributed by atoms with Crippen LogP contribution in [0.4, 0.5) is 5.69 Å². The number of benzene rings is 2. The van der Waals surface area contributed by atoms with Crippen molar-refractivity contribution in [1.82, 2.24) is 0 Å². The molecule has 3 rings (SSSR count). The molecule has 1 aliphatic rings. The minimum atomic E-state index is 0.778. The monoisotopic (exact) mass is 344 g/mol. The molecule has 1 heterocycles. The normalized spacial score (nSPS) is 16.6. The van der Waals surface area contributed by atoms with E-state index in [0.717, 1.165) is 47.4 Å². The number of para-hydroxylation sites is 1. The molecule has 0 fully saturated rings. The zero-order valence-corrected chi connectivity index (χ0v) is 13.3. The van der Waals surface area contributed by atoms with Crippen LogP contribution in [0, 0.1) is 0 Å². The predicted octanol–water partition coefficient (Wildman–Crippen LogP) is 4.43. The molecule has 0 unspecified atom stereocenters. The fourth-order valence-electron chi connectivity index (χ4n) is 2.79. The summed E-state index contributed by atoms with van der Waals surface area (Å²) in [5.41, 5.74) is 4.21. The Hall–Kier alpha value is -1.81. The van der Waals surface area contributed by atoms with Gasteiger partial charge in [-0.3, -0.25) is 0 Å². The molecule has 0 saturated carbocycles. The number of oxime groups is 1. The van der Waals surface area contributed by atoms with Crippen LogP contribution in [0.1, 0.15) is 24.0 Å². The van der Waals surface area contributed by atoms with Crippen LogP contribution in [0.3, 0.4) is 0 Å². The average Bonchev–Trinajstić information content (AvgIpc) is 2.69. The van der Waals surface area contributed by atoms with Gasteiger partial charge in [0.25, 0.3) is 0 Å². The van der Waals surface area contributed by atoms with Crippen LogP contribution >= 0.6 is 15.9 Å². The summed E-state index contributed by atoms with van der Waals surface area (Å²) in [5, 5.41) is 12.7. The van der Waals surface area contributed by atoms with E-state index in [-0.39, 0.29) is 0 Å². The predicted molar refractivity (Wildman–Crippen MR) is 89.2 cm³/mol. The van der Waals surface area contributed by atoms with Gasteiger partial charge in [0.05, 0.1) is 5.71 Å². The molecule has 2 aromatic carbocycles. The van der Waals surface area contributed by atoms with Crippen LogP contribution in [0.5, 0.6) is 0 Å². The van der Waals surface area contributed by atoms with Gasteiger partial charge >= 0.3 is 0 Å². The number of hydrogen-bond acceptors (Lipinski definition) is 3. The Balaban J connectivity index is 1.97. The Morgan fingerprint density at radius 3 is 2.67 bits per heavy atom. The third-order valence-corrected chi connectivity index (χ3v) is 4.61. The number of rotatable bonds is 2. The molecule has 0 aliphatic carbocycles. The van der Waals surface area contributed by atoms with Crippen LogP contribution in [0.15, 0.2) is 58.2 Å². The highest BCUT2D eigenvalue weighted by Crippen LogP contribution is 2.29. The third-order valence-electron chi connectivity index (χ3n) is 3.84. The Morgan fingerprint density at radius 1 is 1.10 bits per heavy atom. The van der Waals surface area contributed by atoms with Gasteiger partial charge in [-0.25, -0.2) is 0 Å². The van der Waals surface area contributed by atoms with Crippen molar-refractivity contribution in [2.24, 2.45) is 5.16 Å². The quantitative estimate of drug-likeness (QED) is 0.646. The maximum Gasteiger partial charge on any atom is 0.0889 e. The summed E-state index contributed by atoms with van der Waals surface area (Å²) in [7, 11) is 0. The van der Waals surface area contributed by atoms with Crippen molar-refractivity contribution >= 4 is 27.3 Å². The van der Waals surface area contributed by atoms with Gasteiger partial charge in [0.1, 0.15) is 0 Å². The van der Waals surface area contributed by atoms with E-state index in [9.17, 15) is 5.21 Å². The largest absolute Gasteiger partial charge is 0.411 e. The molecule has 4 heteroatoms. The third kappa shape index (κ3) is 2.95. The van der Waals surface area contributed by atoms with Crippen molar-refractivity contribution in [3.05, 3.63) is 64.1 Å². The molecular formula is C17H17BrN2O. The fraction of sp³-hybridized carbons (Fsp3) is 0.235. The minimum absolute atomic E-state index is 0.778. The summed E-state index contributed by atoms with van der Waals surface area (Å²) < 4.78 is 1.13. The van der Waals surface area contributed by atoms with Crippen LogP contribution in [0.2, 0.25) is 0 Å². The summed E-state index contributed by atoms with van der Waals surface area (Å²) >= 11 is 3.62. The van der Waals surface area contributed by atoms with E-state index in [4.69, 9.17) is 0 Å². The van der Waals surface area contributed by atoms with Gasteiger partial charge in [0.15, 0.2) is 0 Å². The molecule has 1 aliphatic heterocycles. The van der Waals surface area contributed by atoms with E-state index in [0.29, 0.717) is 0 Å². The van der Waals surface area contributed by atoms with Gasteiger partial charge in [-0.2, -0.15) is 0 Å². The van der Waals surface area contributed by atoms with E-state index in [1.807, 2.05) is 24.3 Å². The second-order valence-electron chi connectivity index (χ2n) is 5.18. The lowest BCUT2D eigenvalue weighted by Gasteiger charge is -2.25. The lowest BCUT2D eigenvalue weighted by molar-refractivity contribution is 0.318. The van der Waals surface area contributed by atoms with E-state index in [2.05, 4.69) is 50.3 Å². The first-order valence-electron chi connectivity index (χ1n) is 7.08. The number of anilines is 1. The molecule has 0 spiro atoms. The maximum absolute atomic E-state index is 9.24. The summed E-state index contributed by atoms with van der Waals surface area (Å²) in [4.78, 5) is 2.35. The van der Waals surface area contributed by atoms with Gasteiger partial charge in [-0.15, -0.1) is 0 Å². The standard InChI is InChI=1S/C17H17BrN2O/c18-15-8-3-1-6-13(15)12-20-11-5-9-16(19-21)14-7-2-4-10-17(14)20/h1-4,6-8,10,21H,5,9,11-12H2/b19-16-. The molecule has 0 aromatic heterocycles. The zero-order chi connectivity index (χ0) is 14.7. The van der Waals surface area contributed by atoms with Crippen molar-refractivity contribution in [2.45, 2.75) is 19.4 Å². The van der Waals surface area contributed by atoms with Crippen LogP contribution in [-0.2, 0) is 6.54 Å². The lowest BCUT2D eigenvalue weighted by Crippen LogP contribution is -2.23. The van der Waals surface area contributed by atoms with Crippen molar-refractivity contribution < 1.29 is 5.21 Å². The topological polar surface area (TPSA) is 35.8 Å². The van der Waals surface area contributed by atoms with Crippen molar-refractivity contribution in [3.63, 3.8) is 0 Å². The second kappa shape index (κ2) is 6.31. The molecule has 2 aromatic rings. The smallest absolute Gasteiger partial charge is 0.0889 e. The van der Waals surface area contributed by atoms with Gasteiger partial charge in [-0.05, 0) is 30.5 Å². The van der Waals surface area contributed by atoms with Crippen molar-refractivity contribution in [3.8, 4) is 0 Å². The van der Waals surface area contributed by atoms with Gasteiger partial charge in [0, 0.05) is 28.8 Å². The Labute approximate surface area is 133 Å². The van der Waals surface area contributed by atoms with Crippen molar-refractivity contribution in [2.75, 3.05) is 11.4 Å². The Morgan fingerprint density at radius 2 is 1.86 bits per heavy atom. The number of fused-ring (bicyclic) bond motifs is 1. The van der Waals surface area contributed by atoms with E-state index < -0.39 is 0 Å². The van der Waals surface area contributed by atoms with E-state index in [1.54, 1.807) is 0 Å². The van der Waals surface area contributed by atoms with Gasteiger partial charge < -0.3 is 10.1 Å². The van der Waals surface area contributed by atoms with E-state index >= 15 is 0 Å². The molecule has 0 radical (unpaired) electrons. The average molecular weight is 345 g/mol. The highest BCUT2D eigenvalue weighted by molar-refractivity contribution is 9.10. The highest BCUT2D eigenvalue weighted by Gasteiger charge is 2.20. The first-order valence-corrected chi connectivity index (χ1v) is 7.87. The molecule has 0 atom stereocenters. The zero-order valence-electron chi connectivity index (χ0n) is 11.7. The minimum Gasteiger partial charge on any atom is -0.411 e. The van der Waals surface area contributed by atoms with Crippen LogP contribution in [-0.4, -0.2) is 17.5 Å². The summed E-state index contributed by atoms with van der Waals surface area (Å²) in [6.45, 7) is 1.80. The van der Waals surface area contributed by atoms with Crippen LogP contribution < -0.4 is 4.90 Å². The second-order valence-corrected chi connectivity index (χ2v) is 6.03. The molecular weight excluding hydrogens is 328 g/mol. The maximum atomic E-state index is 9.24. The summed E-state index contributed by atoms with van der Waals surface area (Å²) in [6, 6.07) is 16.5. The fourth-order valence-corrected chi connectivity index (χ4v) is 3.20. The van der Waals surface area contributed by atoms with Crippen molar-refractivity contribution in [1.29, 1.82) is 0 Å². The van der Waals surface area contributed by atoms with E-state index in [1.165, 1.54) is 5.56 Å². The Kier molecular flexibility index (Phi) is 4.25. The molecule has 3 nitrogen and oxygen atoms in total. The SMILES string of the molecule is O/N=C1/CCCN(Cc2ccccc2Br)c2ccccc21.